The fourth-order valence-corrected chi connectivity index (χ4v) is 3.68. The first-order valence-electron chi connectivity index (χ1n) is 8.83. The molecule has 1 aliphatic rings. The normalized spacial score (nSPS) is 16.6. The SMILES string of the molecule is O=C(c1nc(-c2nccs2)cc(O)c1O)N(c1cccnc1)C1CCCCO1. The minimum absolute atomic E-state index is 0.261. The number of anilines is 1. The maximum absolute atomic E-state index is 13.4. The average Bonchev–Trinajstić information content (AvgIpc) is 3.26. The Morgan fingerprint density at radius 2 is 2.18 bits per heavy atom. The molecule has 28 heavy (non-hydrogen) atoms. The molecule has 0 aliphatic carbocycles. The fraction of sp³-hybridized carbons (Fsp3) is 0.263. The number of carbonyl (C=O) groups excluding carboxylic acids is 1. The van der Waals surface area contributed by atoms with Crippen LogP contribution in [-0.4, -0.2) is 43.9 Å². The Labute approximate surface area is 165 Å². The second-order valence-electron chi connectivity index (χ2n) is 6.27. The molecule has 0 spiro atoms. The summed E-state index contributed by atoms with van der Waals surface area (Å²) in [6.07, 6.45) is 6.76. The van der Waals surface area contributed by atoms with Crippen molar-refractivity contribution in [1.82, 2.24) is 15.0 Å². The lowest BCUT2D eigenvalue weighted by Crippen LogP contribution is -2.44. The third kappa shape index (κ3) is 3.54. The number of thiazole rings is 1. The van der Waals surface area contributed by atoms with E-state index in [9.17, 15) is 15.0 Å². The highest BCUT2D eigenvalue weighted by atomic mass is 32.1. The molecule has 3 aromatic heterocycles. The molecular formula is C19H18N4O4S. The zero-order chi connectivity index (χ0) is 19.5. The molecule has 0 bridgehead atoms. The molecule has 1 unspecified atom stereocenters. The summed E-state index contributed by atoms with van der Waals surface area (Å²) in [6.45, 7) is 0.540. The lowest BCUT2D eigenvalue weighted by Gasteiger charge is -2.33. The van der Waals surface area contributed by atoms with E-state index in [0.29, 0.717) is 29.4 Å². The monoisotopic (exact) mass is 398 g/mol. The van der Waals surface area contributed by atoms with Gasteiger partial charge in [-0.05, 0) is 31.4 Å². The predicted octanol–water partition coefficient (Wildman–Crippen LogP) is 3.18. The van der Waals surface area contributed by atoms with Crippen molar-refractivity contribution in [3.8, 4) is 22.2 Å². The van der Waals surface area contributed by atoms with Crippen molar-refractivity contribution >= 4 is 22.9 Å². The van der Waals surface area contributed by atoms with Crippen molar-refractivity contribution in [2.75, 3.05) is 11.5 Å². The molecule has 2 N–H and O–H groups in total. The Hall–Kier alpha value is -3.04. The Kier molecular flexibility index (Phi) is 5.18. The molecule has 4 heterocycles. The Morgan fingerprint density at radius 1 is 1.29 bits per heavy atom. The van der Waals surface area contributed by atoms with Crippen LogP contribution in [0, 0.1) is 0 Å². The number of pyridine rings is 2. The molecule has 8 nitrogen and oxygen atoms in total. The van der Waals surface area contributed by atoms with Gasteiger partial charge in [0.15, 0.2) is 17.2 Å². The molecule has 1 amide bonds. The van der Waals surface area contributed by atoms with Crippen LogP contribution in [0.25, 0.3) is 10.7 Å². The predicted molar refractivity (Wildman–Crippen MR) is 103 cm³/mol. The van der Waals surface area contributed by atoms with E-state index in [2.05, 4.69) is 15.0 Å². The van der Waals surface area contributed by atoms with E-state index in [1.54, 1.807) is 36.1 Å². The van der Waals surface area contributed by atoms with Crippen molar-refractivity contribution < 1.29 is 19.7 Å². The Bertz CT molecular complexity index is 960. The topological polar surface area (TPSA) is 109 Å². The first kappa shape index (κ1) is 18.3. The van der Waals surface area contributed by atoms with Gasteiger partial charge in [-0.2, -0.15) is 0 Å². The first-order chi connectivity index (χ1) is 13.6. The number of ether oxygens (including phenoxy) is 1. The number of hydrogen-bond donors (Lipinski definition) is 2. The molecule has 0 radical (unpaired) electrons. The zero-order valence-corrected chi connectivity index (χ0v) is 15.7. The summed E-state index contributed by atoms with van der Waals surface area (Å²) in [5.41, 5.74) is 0.576. The van der Waals surface area contributed by atoms with Gasteiger partial charge in [-0.3, -0.25) is 14.7 Å². The third-order valence-corrected chi connectivity index (χ3v) is 5.21. The second kappa shape index (κ2) is 7.91. The van der Waals surface area contributed by atoms with E-state index in [0.717, 1.165) is 12.8 Å². The van der Waals surface area contributed by atoms with Crippen molar-refractivity contribution in [2.45, 2.75) is 25.5 Å². The van der Waals surface area contributed by atoms with Crippen LogP contribution in [0.15, 0.2) is 42.2 Å². The maximum Gasteiger partial charge on any atom is 0.283 e. The molecule has 0 aromatic carbocycles. The van der Waals surface area contributed by atoms with E-state index in [1.807, 2.05) is 0 Å². The lowest BCUT2D eigenvalue weighted by atomic mass is 10.1. The number of aromatic nitrogens is 3. The Morgan fingerprint density at radius 3 is 2.86 bits per heavy atom. The van der Waals surface area contributed by atoms with Gasteiger partial charge in [-0.15, -0.1) is 11.3 Å². The molecule has 1 fully saturated rings. The summed E-state index contributed by atoms with van der Waals surface area (Å²) < 4.78 is 5.80. The molecule has 9 heteroatoms. The largest absolute Gasteiger partial charge is 0.504 e. The van der Waals surface area contributed by atoms with Gasteiger partial charge in [0, 0.05) is 30.4 Å². The molecule has 1 saturated heterocycles. The van der Waals surface area contributed by atoms with Crippen LogP contribution in [-0.2, 0) is 4.74 Å². The standard InChI is InChI=1S/C19H18N4O4S/c24-14-10-13(18-21-7-9-28-18)22-16(17(14)25)19(26)23(12-4-3-6-20-11-12)15-5-1-2-8-27-15/h3-4,6-7,9-11,15,25H,1-2,5,8H2,(H,22,24). The van der Waals surface area contributed by atoms with Gasteiger partial charge in [0.25, 0.3) is 5.91 Å². The molecule has 0 saturated carbocycles. The molecule has 1 atom stereocenters. The molecule has 144 valence electrons. The van der Waals surface area contributed by atoms with Crippen LogP contribution in [0.4, 0.5) is 5.69 Å². The van der Waals surface area contributed by atoms with Gasteiger partial charge < -0.3 is 14.9 Å². The second-order valence-corrected chi connectivity index (χ2v) is 7.16. The summed E-state index contributed by atoms with van der Waals surface area (Å²) in [5, 5.41) is 22.8. The van der Waals surface area contributed by atoms with Crippen molar-refractivity contribution in [2.24, 2.45) is 0 Å². The van der Waals surface area contributed by atoms with Crippen LogP contribution < -0.4 is 4.90 Å². The van der Waals surface area contributed by atoms with Gasteiger partial charge in [-0.25, -0.2) is 9.97 Å². The number of hydrogen-bond acceptors (Lipinski definition) is 8. The quantitative estimate of drug-likeness (QED) is 0.695. The van der Waals surface area contributed by atoms with Crippen LogP contribution in [0.3, 0.4) is 0 Å². The van der Waals surface area contributed by atoms with Gasteiger partial charge in [0.1, 0.15) is 16.9 Å². The van der Waals surface area contributed by atoms with Gasteiger partial charge in [-0.1, -0.05) is 0 Å². The summed E-state index contributed by atoms with van der Waals surface area (Å²) in [7, 11) is 0. The van der Waals surface area contributed by atoms with Gasteiger partial charge in [0.2, 0.25) is 0 Å². The molecule has 4 rings (SSSR count). The summed E-state index contributed by atoms with van der Waals surface area (Å²) in [6, 6.07) is 4.75. The molecule has 3 aromatic rings. The summed E-state index contributed by atoms with van der Waals surface area (Å²) in [4.78, 5) is 27.4. The Balaban J connectivity index is 1.78. The number of aromatic hydroxyl groups is 2. The van der Waals surface area contributed by atoms with Crippen molar-refractivity contribution in [3.63, 3.8) is 0 Å². The number of nitrogens with zero attached hydrogens (tertiary/aromatic N) is 4. The highest BCUT2D eigenvalue weighted by molar-refractivity contribution is 7.13. The third-order valence-electron chi connectivity index (χ3n) is 4.41. The van der Waals surface area contributed by atoms with Crippen LogP contribution >= 0.6 is 11.3 Å². The average molecular weight is 398 g/mol. The van der Waals surface area contributed by atoms with Crippen LogP contribution in [0.1, 0.15) is 29.8 Å². The van der Waals surface area contributed by atoms with Crippen molar-refractivity contribution in [1.29, 1.82) is 0 Å². The van der Waals surface area contributed by atoms with E-state index < -0.39 is 23.6 Å². The van der Waals surface area contributed by atoms with E-state index in [4.69, 9.17) is 4.74 Å². The van der Waals surface area contributed by atoms with E-state index in [1.165, 1.54) is 22.3 Å². The lowest BCUT2D eigenvalue weighted by molar-refractivity contribution is 0.0142. The number of rotatable bonds is 4. The van der Waals surface area contributed by atoms with Crippen LogP contribution in [0.2, 0.25) is 0 Å². The van der Waals surface area contributed by atoms with E-state index in [-0.39, 0.29) is 5.69 Å². The van der Waals surface area contributed by atoms with E-state index >= 15 is 0 Å². The first-order valence-corrected chi connectivity index (χ1v) is 9.71. The highest BCUT2D eigenvalue weighted by Gasteiger charge is 2.32. The van der Waals surface area contributed by atoms with Gasteiger partial charge >= 0.3 is 0 Å². The highest BCUT2D eigenvalue weighted by Crippen LogP contribution is 2.35. The van der Waals surface area contributed by atoms with Gasteiger partial charge in [0.05, 0.1) is 11.9 Å². The minimum Gasteiger partial charge on any atom is -0.504 e. The fourth-order valence-electron chi connectivity index (χ4n) is 3.09. The zero-order valence-electron chi connectivity index (χ0n) is 14.9. The number of carbonyl (C=O) groups is 1. The van der Waals surface area contributed by atoms with Crippen LogP contribution in [0.5, 0.6) is 11.5 Å². The smallest absolute Gasteiger partial charge is 0.283 e. The summed E-state index contributed by atoms with van der Waals surface area (Å²) in [5.74, 6) is -1.58. The summed E-state index contributed by atoms with van der Waals surface area (Å²) >= 11 is 1.32. The molecule has 1 aliphatic heterocycles. The van der Waals surface area contributed by atoms with Crippen molar-refractivity contribution in [3.05, 3.63) is 47.9 Å². The molecular weight excluding hydrogens is 380 g/mol. The maximum atomic E-state index is 13.4. The minimum atomic E-state index is -0.578. The number of amides is 1.